The molecule has 0 aliphatic heterocycles. The number of nitrogens with two attached hydrogens (primary N) is 1. The number of thioether (sulfide) groups is 1. The molecular formula is C6H10N4S. The standard InChI is InChI=1S/C6H10N4S/c1-4(7)5-3-8-10-6(9-5)11-2/h3-4H,7H2,1-2H3. The van der Waals surface area contributed by atoms with Gasteiger partial charge in [-0.3, -0.25) is 0 Å². The SMILES string of the molecule is CSc1nncc(C(C)N)n1. The summed E-state index contributed by atoms with van der Waals surface area (Å²) in [6.07, 6.45) is 3.49. The smallest absolute Gasteiger partial charge is 0.209 e. The van der Waals surface area contributed by atoms with Crippen molar-refractivity contribution in [3.63, 3.8) is 0 Å². The molecule has 1 rings (SSSR count). The van der Waals surface area contributed by atoms with Crippen molar-refractivity contribution in [3.8, 4) is 0 Å². The Hall–Kier alpha value is -0.680. The lowest BCUT2D eigenvalue weighted by molar-refractivity contribution is 0.711. The predicted molar refractivity (Wildman–Crippen MR) is 44.2 cm³/mol. The van der Waals surface area contributed by atoms with Gasteiger partial charge in [0, 0.05) is 6.04 Å². The minimum atomic E-state index is -0.0728. The van der Waals surface area contributed by atoms with Crippen LogP contribution in [0.15, 0.2) is 11.4 Å². The highest BCUT2D eigenvalue weighted by atomic mass is 32.2. The van der Waals surface area contributed by atoms with Crippen LogP contribution in [0.2, 0.25) is 0 Å². The first kappa shape index (κ1) is 8.42. The van der Waals surface area contributed by atoms with Gasteiger partial charge in [0.25, 0.3) is 0 Å². The molecule has 1 unspecified atom stereocenters. The third-order valence-electron chi connectivity index (χ3n) is 1.21. The number of nitrogens with zero attached hydrogens (tertiary/aromatic N) is 3. The lowest BCUT2D eigenvalue weighted by Gasteiger charge is -2.02. The summed E-state index contributed by atoms with van der Waals surface area (Å²) in [5.74, 6) is 0. The summed E-state index contributed by atoms with van der Waals surface area (Å²) in [5, 5.41) is 8.22. The Morgan fingerprint density at radius 2 is 2.36 bits per heavy atom. The molecule has 1 aromatic heterocycles. The van der Waals surface area contributed by atoms with Crippen LogP contribution in [-0.4, -0.2) is 21.4 Å². The van der Waals surface area contributed by atoms with E-state index in [4.69, 9.17) is 5.73 Å². The maximum atomic E-state index is 5.60. The molecule has 0 aromatic carbocycles. The third kappa shape index (κ3) is 2.13. The summed E-state index contributed by atoms with van der Waals surface area (Å²) >= 11 is 1.46. The van der Waals surface area contributed by atoms with Crippen molar-refractivity contribution in [2.45, 2.75) is 18.1 Å². The van der Waals surface area contributed by atoms with Gasteiger partial charge in [-0.05, 0) is 13.2 Å². The molecule has 0 radical (unpaired) electrons. The average Bonchev–Trinajstić information content (AvgIpc) is 2.05. The van der Waals surface area contributed by atoms with E-state index in [9.17, 15) is 0 Å². The van der Waals surface area contributed by atoms with Crippen LogP contribution in [0, 0.1) is 0 Å². The summed E-state index contributed by atoms with van der Waals surface area (Å²) in [6, 6.07) is -0.0728. The van der Waals surface area contributed by atoms with E-state index >= 15 is 0 Å². The number of aromatic nitrogens is 3. The van der Waals surface area contributed by atoms with Crippen molar-refractivity contribution in [1.29, 1.82) is 0 Å². The molecule has 1 atom stereocenters. The summed E-state index contributed by atoms with van der Waals surface area (Å²) in [5.41, 5.74) is 6.38. The minimum absolute atomic E-state index is 0.0728. The molecule has 11 heavy (non-hydrogen) atoms. The van der Waals surface area contributed by atoms with Crippen LogP contribution in [0.1, 0.15) is 18.7 Å². The molecule has 5 heteroatoms. The topological polar surface area (TPSA) is 64.7 Å². The zero-order chi connectivity index (χ0) is 8.27. The minimum Gasteiger partial charge on any atom is -0.323 e. The molecule has 4 nitrogen and oxygen atoms in total. The van der Waals surface area contributed by atoms with E-state index in [1.807, 2.05) is 13.2 Å². The molecule has 0 spiro atoms. The zero-order valence-corrected chi connectivity index (χ0v) is 7.30. The Morgan fingerprint density at radius 3 is 2.91 bits per heavy atom. The van der Waals surface area contributed by atoms with Gasteiger partial charge in [-0.25, -0.2) is 4.98 Å². The second kappa shape index (κ2) is 3.64. The van der Waals surface area contributed by atoms with Crippen molar-refractivity contribution in [1.82, 2.24) is 15.2 Å². The Bertz CT molecular complexity index is 238. The van der Waals surface area contributed by atoms with Crippen LogP contribution < -0.4 is 5.73 Å². The zero-order valence-electron chi connectivity index (χ0n) is 6.48. The largest absolute Gasteiger partial charge is 0.323 e. The normalized spacial score (nSPS) is 13.0. The first-order valence-electron chi connectivity index (χ1n) is 3.23. The molecule has 0 aliphatic rings. The second-order valence-electron chi connectivity index (χ2n) is 2.16. The van der Waals surface area contributed by atoms with Crippen LogP contribution in [-0.2, 0) is 0 Å². The van der Waals surface area contributed by atoms with E-state index in [1.54, 1.807) is 6.20 Å². The lowest BCUT2D eigenvalue weighted by atomic mass is 10.3. The Morgan fingerprint density at radius 1 is 1.64 bits per heavy atom. The van der Waals surface area contributed by atoms with E-state index in [0.29, 0.717) is 5.16 Å². The average molecular weight is 170 g/mol. The van der Waals surface area contributed by atoms with Crippen LogP contribution in [0.4, 0.5) is 0 Å². The van der Waals surface area contributed by atoms with Gasteiger partial charge < -0.3 is 5.73 Å². The highest BCUT2D eigenvalue weighted by molar-refractivity contribution is 7.98. The summed E-state index contributed by atoms with van der Waals surface area (Å²) in [4.78, 5) is 4.16. The third-order valence-corrected chi connectivity index (χ3v) is 1.75. The van der Waals surface area contributed by atoms with Gasteiger partial charge in [-0.1, -0.05) is 11.8 Å². The maximum absolute atomic E-state index is 5.60. The molecule has 2 N–H and O–H groups in total. The first-order valence-corrected chi connectivity index (χ1v) is 4.45. The second-order valence-corrected chi connectivity index (χ2v) is 2.93. The lowest BCUT2D eigenvalue weighted by Crippen LogP contribution is -2.09. The molecule has 0 aliphatic carbocycles. The fraction of sp³-hybridized carbons (Fsp3) is 0.500. The van der Waals surface area contributed by atoms with Gasteiger partial charge in [0.05, 0.1) is 11.9 Å². The molecular weight excluding hydrogens is 160 g/mol. The van der Waals surface area contributed by atoms with Crippen molar-refractivity contribution >= 4 is 11.8 Å². The van der Waals surface area contributed by atoms with E-state index < -0.39 is 0 Å². The summed E-state index contributed by atoms with van der Waals surface area (Å²) in [6.45, 7) is 1.87. The van der Waals surface area contributed by atoms with Crippen LogP contribution >= 0.6 is 11.8 Å². The molecule has 0 bridgehead atoms. The van der Waals surface area contributed by atoms with Crippen LogP contribution in [0.25, 0.3) is 0 Å². The number of hydrogen-bond donors (Lipinski definition) is 1. The van der Waals surface area contributed by atoms with Crippen molar-refractivity contribution in [2.75, 3.05) is 6.26 Å². The van der Waals surface area contributed by atoms with Gasteiger partial charge in [0.2, 0.25) is 5.16 Å². The van der Waals surface area contributed by atoms with Crippen LogP contribution in [0.3, 0.4) is 0 Å². The van der Waals surface area contributed by atoms with Crippen molar-refractivity contribution in [2.24, 2.45) is 5.73 Å². The van der Waals surface area contributed by atoms with Crippen molar-refractivity contribution in [3.05, 3.63) is 11.9 Å². The molecule has 0 saturated heterocycles. The highest BCUT2D eigenvalue weighted by Gasteiger charge is 2.02. The van der Waals surface area contributed by atoms with Gasteiger partial charge in [-0.2, -0.15) is 5.10 Å². The molecule has 0 saturated carbocycles. The molecule has 0 amide bonds. The number of hydrogen-bond acceptors (Lipinski definition) is 5. The highest BCUT2D eigenvalue weighted by Crippen LogP contribution is 2.09. The van der Waals surface area contributed by atoms with Gasteiger partial charge in [-0.15, -0.1) is 5.10 Å². The first-order chi connectivity index (χ1) is 5.24. The van der Waals surface area contributed by atoms with E-state index in [0.717, 1.165) is 5.69 Å². The predicted octanol–water partition coefficient (Wildman–Crippen LogP) is 0.613. The van der Waals surface area contributed by atoms with Gasteiger partial charge in [0.1, 0.15) is 0 Å². The Labute approximate surface area is 69.6 Å². The summed E-state index contributed by atoms with van der Waals surface area (Å²) < 4.78 is 0. The van der Waals surface area contributed by atoms with Crippen LogP contribution in [0.5, 0.6) is 0 Å². The molecule has 60 valence electrons. The Kier molecular flexibility index (Phi) is 2.78. The van der Waals surface area contributed by atoms with Crippen molar-refractivity contribution < 1.29 is 0 Å². The Balaban J connectivity index is 2.91. The molecule has 0 fully saturated rings. The van der Waals surface area contributed by atoms with Gasteiger partial charge >= 0.3 is 0 Å². The quantitative estimate of drug-likeness (QED) is 0.659. The summed E-state index contributed by atoms with van der Waals surface area (Å²) in [7, 11) is 0. The van der Waals surface area contributed by atoms with Gasteiger partial charge in [0.15, 0.2) is 0 Å². The number of rotatable bonds is 2. The van der Waals surface area contributed by atoms with E-state index in [2.05, 4.69) is 15.2 Å². The monoisotopic (exact) mass is 170 g/mol. The van der Waals surface area contributed by atoms with E-state index in [-0.39, 0.29) is 6.04 Å². The maximum Gasteiger partial charge on any atom is 0.209 e. The molecule has 1 aromatic rings. The fourth-order valence-corrected chi connectivity index (χ4v) is 0.930. The van der Waals surface area contributed by atoms with E-state index in [1.165, 1.54) is 11.8 Å². The fourth-order valence-electron chi connectivity index (χ4n) is 0.605. The molecule has 1 heterocycles.